The average Bonchev–Trinajstić information content (AvgIpc) is 3.28. The van der Waals surface area contributed by atoms with Crippen LogP contribution in [-0.2, 0) is 6.54 Å². The molecule has 2 heterocycles. The van der Waals surface area contributed by atoms with E-state index in [1.165, 1.54) is 18.4 Å². The van der Waals surface area contributed by atoms with Crippen molar-refractivity contribution >= 4 is 28.5 Å². The summed E-state index contributed by atoms with van der Waals surface area (Å²) >= 11 is 5.92. The molecule has 0 spiro atoms. The number of rotatable bonds is 4. The van der Waals surface area contributed by atoms with Gasteiger partial charge in [-0.15, -0.1) is 0 Å². The molecule has 22 heavy (non-hydrogen) atoms. The van der Waals surface area contributed by atoms with Crippen molar-refractivity contribution in [3.8, 4) is 0 Å². The van der Waals surface area contributed by atoms with E-state index in [1.807, 2.05) is 37.4 Å². The minimum absolute atomic E-state index is 0.570. The van der Waals surface area contributed by atoms with Crippen molar-refractivity contribution in [2.24, 2.45) is 0 Å². The number of hydrogen-bond donors (Lipinski definition) is 0. The SMILES string of the molecule is CN(Cc1ccc(Cl)cc1)c1ccc2c(C3CC3)noc2n1. The zero-order chi connectivity index (χ0) is 15.1. The van der Waals surface area contributed by atoms with Gasteiger partial charge in [0.1, 0.15) is 5.82 Å². The van der Waals surface area contributed by atoms with Crippen molar-refractivity contribution < 1.29 is 4.52 Å². The first kappa shape index (κ1) is 13.6. The molecule has 1 fully saturated rings. The quantitative estimate of drug-likeness (QED) is 0.716. The summed E-state index contributed by atoms with van der Waals surface area (Å²) in [5, 5.41) is 5.98. The van der Waals surface area contributed by atoms with Crippen LogP contribution >= 0.6 is 11.6 Å². The predicted octanol–water partition coefficient (Wildman–Crippen LogP) is 4.39. The lowest BCUT2D eigenvalue weighted by molar-refractivity contribution is 0.439. The normalized spacial score (nSPS) is 14.5. The molecule has 3 aromatic rings. The van der Waals surface area contributed by atoms with E-state index in [9.17, 15) is 0 Å². The van der Waals surface area contributed by atoms with Gasteiger partial charge in [-0.1, -0.05) is 28.9 Å². The third kappa shape index (κ3) is 2.55. The van der Waals surface area contributed by atoms with E-state index >= 15 is 0 Å². The predicted molar refractivity (Wildman–Crippen MR) is 87.3 cm³/mol. The van der Waals surface area contributed by atoms with E-state index in [1.54, 1.807) is 0 Å². The van der Waals surface area contributed by atoms with Crippen LogP contribution in [0.3, 0.4) is 0 Å². The second-order valence-corrected chi connectivity index (χ2v) is 6.28. The summed E-state index contributed by atoms with van der Waals surface area (Å²) in [5.41, 5.74) is 2.88. The van der Waals surface area contributed by atoms with Crippen molar-refractivity contribution in [2.75, 3.05) is 11.9 Å². The van der Waals surface area contributed by atoms with Crippen LogP contribution < -0.4 is 4.90 Å². The maximum Gasteiger partial charge on any atom is 0.259 e. The Labute approximate surface area is 133 Å². The van der Waals surface area contributed by atoms with Gasteiger partial charge < -0.3 is 9.42 Å². The third-order valence-electron chi connectivity index (χ3n) is 4.04. The summed E-state index contributed by atoms with van der Waals surface area (Å²) in [6.07, 6.45) is 2.42. The van der Waals surface area contributed by atoms with Gasteiger partial charge in [0.25, 0.3) is 5.71 Å². The number of nitrogens with zero attached hydrogens (tertiary/aromatic N) is 3. The average molecular weight is 314 g/mol. The molecule has 0 saturated heterocycles. The van der Waals surface area contributed by atoms with E-state index in [4.69, 9.17) is 16.1 Å². The van der Waals surface area contributed by atoms with Crippen LogP contribution in [-0.4, -0.2) is 17.2 Å². The van der Waals surface area contributed by atoms with Crippen LogP contribution in [0.5, 0.6) is 0 Å². The van der Waals surface area contributed by atoms with Crippen LogP contribution in [0.2, 0.25) is 5.02 Å². The molecule has 0 unspecified atom stereocenters. The Morgan fingerprint density at radius 3 is 2.68 bits per heavy atom. The van der Waals surface area contributed by atoms with Gasteiger partial charge in [0.05, 0.1) is 11.1 Å². The minimum Gasteiger partial charge on any atom is -0.355 e. The molecule has 1 aliphatic carbocycles. The smallest absolute Gasteiger partial charge is 0.259 e. The van der Waals surface area contributed by atoms with E-state index in [0.717, 1.165) is 28.5 Å². The highest BCUT2D eigenvalue weighted by atomic mass is 35.5. The lowest BCUT2D eigenvalue weighted by atomic mass is 10.2. The molecular weight excluding hydrogens is 298 g/mol. The Morgan fingerprint density at radius 2 is 1.95 bits per heavy atom. The summed E-state index contributed by atoms with van der Waals surface area (Å²) in [7, 11) is 2.01. The molecule has 1 aromatic carbocycles. The Kier molecular flexibility index (Phi) is 3.26. The zero-order valence-electron chi connectivity index (χ0n) is 12.3. The minimum atomic E-state index is 0.570. The summed E-state index contributed by atoms with van der Waals surface area (Å²) in [6.45, 7) is 0.763. The molecule has 1 aliphatic rings. The number of halogens is 1. The Balaban J connectivity index is 1.58. The summed E-state index contributed by atoms with van der Waals surface area (Å²) < 4.78 is 5.40. The maximum absolute atomic E-state index is 5.92. The Morgan fingerprint density at radius 1 is 1.18 bits per heavy atom. The molecule has 0 aliphatic heterocycles. The van der Waals surface area contributed by atoms with Gasteiger partial charge in [-0.25, -0.2) is 0 Å². The largest absolute Gasteiger partial charge is 0.355 e. The van der Waals surface area contributed by atoms with Crippen LogP contribution in [0.1, 0.15) is 30.0 Å². The molecule has 0 radical (unpaired) electrons. The number of fused-ring (bicyclic) bond motifs is 1. The highest BCUT2D eigenvalue weighted by Gasteiger charge is 2.29. The molecule has 0 bridgehead atoms. The van der Waals surface area contributed by atoms with Crippen LogP contribution in [0.4, 0.5) is 5.82 Å². The van der Waals surface area contributed by atoms with Crippen LogP contribution in [0.15, 0.2) is 40.9 Å². The highest BCUT2D eigenvalue weighted by molar-refractivity contribution is 6.30. The summed E-state index contributed by atoms with van der Waals surface area (Å²) in [4.78, 5) is 6.68. The molecule has 0 amide bonds. The lowest BCUT2D eigenvalue weighted by Crippen LogP contribution is -2.17. The molecule has 112 valence electrons. The van der Waals surface area contributed by atoms with Gasteiger partial charge in [0.2, 0.25) is 0 Å². The number of pyridine rings is 1. The third-order valence-corrected chi connectivity index (χ3v) is 4.29. The number of aromatic nitrogens is 2. The fourth-order valence-corrected chi connectivity index (χ4v) is 2.77. The lowest BCUT2D eigenvalue weighted by Gasteiger charge is -2.18. The highest BCUT2D eigenvalue weighted by Crippen LogP contribution is 2.42. The molecule has 5 heteroatoms. The molecule has 4 rings (SSSR count). The number of benzene rings is 1. The van der Waals surface area contributed by atoms with Gasteiger partial charge in [-0.05, 0) is 42.7 Å². The molecular formula is C17H16ClN3O. The topological polar surface area (TPSA) is 42.2 Å². The monoisotopic (exact) mass is 313 g/mol. The second kappa shape index (κ2) is 5.29. The van der Waals surface area contributed by atoms with E-state index in [0.29, 0.717) is 11.6 Å². The van der Waals surface area contributed by atoms with Crippen molar-refractivity contribution in [1.29, 1.82) is 0 Å². The van der Waals surface area contributed by atoms with Gasteiger partial charge in [0, 0.05) is 24.5 Å². The van der Waals surface area contributed by atoms with Crippen molar-refractivity contribution in [1.82, 2.24) is 10.1 Å². The molecule has 2 aromatic heterocycles. The van der Waals surface area contributed by atoms with Crippen molar-refractivity contribution in [3.63, 3.8) is 0 Å². The van der Waals surface area contributed by atoms with Gasteiger partial charge in [-0.2, -0.15) is 4.98 Å². The fourth-order valence-electron chi connectivity index (χ4n) is 2.65. The van der Waals surface area contributed by atoms with Gasteiger partial charge >= 0.3 is 0 Å². The van der Waals surface area contributed by atoms with E-state index in [-0.39, 0.29) is 0 Å². The summed E-state index contributed by atoms with van der Waals surface area (Å²) in [5.74, 6) is 1.45. The van der Waals surface area contributed by atoms with Crippen LogP contribution in [0, 0.1) is 0 Å². The molecule has 0 atom stereocenters. The number of anilines is 1. The van der Waals surface area contributed by atoms with E-state index < -0.39 is 0 Å². The van der Waals surface area contributed by atoms with Gasteiger partial charge in [-0.3, -0.25) is 0 Å². The van der Waals surface area contributed by atoms with Crippen LogP contribution in [0.25, 0.3) is 11.1 Å². The summed E-state index contributed by atoms with van der Waals surface area (Å²) in [6, 6.07) is 12.0. The molecule has 1 saturated carbocycles. The fraction of sp³-hybridized carbons (Fsp3) is 0.294. The zero-order valence-corrected chi connectivity index (χ0v) is 13.0. The molecule has 4 nitrogen and oxygen atoms in total. The van der Waals surface area contributed by atoms with E-state index in [2.05, 4.69) is 21.1 Å². The standard InChI is InChI=1S/C17H16ClN3O/c1-21(10-11-2-6-13(18)7-3-11)15-9-8-14-16(12-4-5-12)20-22-17(14)19-15/h2-3,6-9,12H,4-5,10H2,1H3. The maximum atomic E-state index is 5.92. The Hall–Kier alpha value is -2.07. The first-order valence-corrected chi connectivity index (χ1v) is 7.80. The molecule has 0 N–H and O–H groups in total. The second-order valence-electron chi connectivity index (χ2n) is 5.85. The Bertz CT molecular complexity index is 808. The van der Waals surface area contributed by atoms with Crippen molar-refractivity contribution in [2.45, 2.75) is 25.3 Å². The van der Waals surface area contributed by atoms with Crippen molar-refractivity contribution in [3.05, 3.63) is 52.7 Å². The van der Waals surface area contributed by atoms with Gasteiger partial charge in [0.15, 0.2) is 0 Å². The number of hydrogen-bond acceptors (Lipinski definition) is 4. The first-order valence-electron chi connectivity index (χ1n) is 7.42. The first-order chi connectivity index (χ1) is 10.7.